The fourth-order valence-corrected chi connectivity index (χ4v) is 5.10. The lowest BCUT2D eigenvalue weighted by atomic mass is 9.53. The number of amides is 1. The maximum absolute atomic E-state index is 14.0. The van der Waals surface area contributed by atoms with Crippen molar-refractivity contribution in [2.45, 2.75) is 50.1 Å². The van der Waals surface area contributed by atoms with Gasteiger partial charge in [0.1, 0.15) is 5.69 Å². The topological polar surface area (TPSA) is 114 Å². The number of aromatic nitrogens is 4. The zero-order valence-electron chi connectivity index (χ0n) is 19.0. The van der Waals surface area contributed by atoms with Gasteiger partial charge in [0.2, 0.25) is 17.5 Å². The minimum absolute atomic E-state index is 0.0238. The summed E-state index contributed by atoms with van der Waals surface area (Å²) < 4.78 is 84.9. The number of carbonyl (C=O) groups is 1. The highest BCUT2D eigenvalue weighted by Gasteiger charge is 2.52. The number of carbonyl (C=O) groups excluding carboxylic acids is 1. The Kier molecular flexibility index (Phi) is 5.87. The highest BCUT2D eigenvalue weighted by molar-refractivity contribution is 5.94. The van der Waals surface area contributed by atoms with Crippen molar-refractivity contribution in [1.82, 2.24) is 25.4 Å². The van der Waals surface area contributed by atoms with Crippen molar-refractivity contribution in [2.24, 2.45) is 5.41 Å². The Morgan fingerprint density at radius 2 is 1.70 bits per heavy atom. The third-order valence-electron chi connectivity index (χ3n) is 7.46. The number of halogens is 6. The summed E-state index contributed by atoms with van der Waals surface area (Å²) in [6.45, 7) is 0.154. The number of nitrogens with zero attached hydrogens (tertiary/aromatic N) is 4. The van der Waals surface area contributed by atoms with E-state index in [0.717, 1.165) is 6.20 Å². The van der Waals surface area contributed by atoms with E-state index in [4.69, 9.17) is 9.63 Å². The minimum atomic E-state index is -4.62. The number of alkyl halides is 3. The van der Waals surface area contributed by atoms with Crippen molar-refractivity contribution >= 4 is 5.91 Å². The van der Waals surface area contributed by atoms with Gasteiger partial charge in [-0.25, -0.2) is 18.7 Å². The number of fused-ring (bicyclic) bond motifs is 3. The fraction of sp³-hybridized carbons (Fsp3) is 0.435. The van der Waals surface area contributed by atoms with Gasteiger partial charge in [-0.2, -0.15) is 22.5 Å². The molecule has 6 rings (SSSR count). The molecule has 3 aliphatic rings. The number of phenolic OH excluding ortho intramolecular Hbond substituents is 1. The molecular formula is C23H19F6N5O3. The van der Waals surface area contributed by atoms with E-state index in [2.05, 4.69) is 25.4 Å². The van der Waals surface area contributed by atoms with Crippen LogP contribution in [0.15, 0.2) is 23.0 Å². The lowest BCUT2D eigenvalue weighted by molar-refractivity contribution is -0.141. The van der Waals surface area contributed by atoms with Gasteiger partial charge in [0.15, 0.2) is 23.1 Å². The molecule has 2 aromatic heterocycles. The molecule has 0 spiro atoms. The molecule has 14 heteroatoms. The zero-order chi connectivity index (χ0) is 26.6. The largest absolute Gasteiger partial charge is 0.503 e. The fourth-order valence-electron chi connectivity index (χ4n) is 5.10. The number of rotatable bonds is 5. The summed E-state index contributed by atoms with van der Waals surface area (Å²) in [6.07, 6.45) is 0.719. The van der Waals surface area contributed by atoms with E-state index in [1.807, 2.05) is 0 Å². The predicted octanol–water partition coefficient (Wildman–Crippen LogP) is 4.69. The number of nitrogens with one attached hydrogen (secondary N) is 1. The quantitative estimate of drug-likeness (QED) is 0.366. The van der Waals surface area contributed by atoms with E-state index in [9.17, 15) is 31.1 Å². The summed E-state index contributed by atoms with van der Waals surface area (Å²) in [4.78, 5) is 23.9. The van der Waals surface area contributed by atoms with Gasteiger partial charge < -0.3 is 14.9 Å². The molecule has 1 amide bonds. The molecule has 0 atom stereocenters. The number of hydrogen-bond donors (Lipinski definition) is 2. The molecule has 37 heavy (non-hydrogen) atoms. The van der Waals surface area contributed by atoms with Gasteiger partial charge >= 0.3 is 6.18 Å². The maximum Gasteiger partial charge on any atom is 0.434 e. The summed E-state index contributed by atoms with van der Waals surface area (Å²) in [7, 11) is 0. The van der Waals surface area contributed by atoms with E-state index in [1.54, 1.807) is 0 Å². The lowest BCUT2D eigenvalue weighted by Gasteiger charge is -2.51. The van der Waals surface area contributed by atoms with Crippen LogP contribution < -0.4 is 5.32 Å². The van der Waals surface area contributed by atoms with Gasteiger partial charge in [0, 0.05) is 12.0 Å². The summed E-state index contributed by atoms with van der Waals surface area (Å²) in [5.74, 6) is -7.02. The van der Waals surface area contributed by atoms with Crippen LogP contribution in [-0.4, -0.2) is 37.7 Å². The van der Waals surface area contributed by atoms with Crippen LogP contribution in [0, 0.1) is 22.9 Å². The van der Waals surface area contributed by atoms with Crippen molar-refractivity contribution < 1.29 is 40.8 Å². The number of hydrogen-bond acceptors (Lipinski definition) is 7. The Morgan fingerprint density at radius 1 is 1.03 bits per heavy atom. The minimum Gasteiger partial charge on any atom is -0.503 e. The highest BCUT2D eigenvalue weighted by Crippen LogP contribution is 2.57. The molecule has 2 heterocycles. The highest BCUT2D eigenvalue weighted by atomic mass is 19.4. The second kappa shape index (κ2) is 8.70. The lowest BCUT2D eigenvalue weighted by Crippen LogP contribution is -2.49. The Labute approximate surface area is 205 Å². The average molecular weight is 527 g/mol. The van der Waals surface area contributed by atoms with Gasteiger partial charge in [-0.05, 0) is 50.0 Å². The zero-order valence-corrected chi connectivity index (χ0v) is 19.0. The predicted molar refractivity (Wildman–Crippen MR) is 112 cm³/mol. The first-order valence-electron chi connectivity index (χ1n) is 11.3. The molecule has 8 nitrogen and oxygen atoms in total. The first kappa shape index (κ1) is 25.0. The first-order valence-corrected chi connectivity index (χ1v) is 11.3. The van der Waals surface area contributed by atoms with Crippen LogP contribution in [0.1, 0.15) is 60.5 Å². The Bertz CT molecular complexity index is 1330. The Balaban J connectivity index is 1.24. The van der Waals surface area contributed by atoms with Crippen LogP contribution in [0.2, 0.25) is 0 Å². The molecule has 0 saturated heterocycles. The monoisotopic (exact) mass is 527 g/mol. The van der Waals surface area contributed by atoms with Gasteiger partial charge in [-0.3, -0.25) is 4.79 Å². The van der Waals surface area contributed by atoms with Crippen molar-refractivity contribution in [1.29, 1.82) is 0 Å². The Hall–Kier alpha value is -3.71. The molecule has 3 aliphatic carbocycles. The molecule has 2 bridgehead atoms. The van der Waals surface area contributed by atoms with Gasteiger partial charge in [-0.15, -0.1) is 0 Å². The van der Waals surface area contributed by atoms with Crippen molar-refractivity contribution in [3.05, 3.63) is 53.1 Å². The molecule has 3 aromatic rings. The van der Waals surface area contributed by atoms with Gasteiger partial charge in [-0.1, -0.05) is 5.16 Å². The van der Waals surface area contributed by atoms with Crippen LogP contribution in [-0.2, 0) is 11.6 Å². The second-order valence-electron chi connectivity index (χ2n) is 9.55. The van der Waals surface area contributed by atoms with Crippen LogP contribution in [0.25, 0.3) is 11.5 Å². The number of aromatic hydroxyl groups is 1. The molecule has 196 valence electrons. The third kappa shape index (κ3) is 4.37. The van der Waals surface area contributed by atoms with Gasteiger partial charge in [0.25, 0.3) is 5.91 Å². The van der Waals surface area contributed by atoms with E-state index >= 15 is 0 Å². The van der Waals surface area contributed by atoms with E-state index in [0.29, 0.717) is 56.7 Å². The number of benzene rings is 1. The second-order valence-corrected chi connectivity index (χ2v) is 9.55. The van der Waals surface area contributed by atoms with Gasteiger partial charge in [0.05, 0.1) is 18.0 Å². The summed E-state index contributed by atoms with van der Waals surface area (Å²) in [5, 5.41) is 15.6. The average Bonchev–Trinajstić information content (AvgIpc) is 3.40. The molecule has 1 aromatic carbocycles. The number of phenols is 1. The summed E-state index contributed by atoms with van der Waals surface area (Å²) in [6, 6.07) is 0.446. The van der Waals surface area contributed by atoms with Crippen LogP contribution >= 0.6 is 0 Å². The molecule has 0 radical (unpaired) electrons. The normalized spacial score (nSPS) is 23.3. The molecular weight excluding hydrogens is 508 g/mol. The summed E-state index contributed by atoms with van der Waals surface area (Å²) in [5.41, 5.74) is -2.69. The van der Waals surface area contributed by atoms with Crippen molar-refractivity contribution in [2.75, 3.05) is 6.54 Å². The smallest absolute Gasteiger partial charge is 0.434 e. The van der Waals surface area contributed by atoms with Crippen LogP contribution in [0.5, 0.6) is 5.75 Å². The maximum atomic E-state index is 14.0. The van der Waals surface area contributed by atoms with E-state index < -0.39 is 52.0 Å². The van der Waals surface area contributed by atoms with Crippen LogP contribution in [0.4, 0.5) is 26.3 Å². The van der Waals surface area contributed by atoms with E-state index in [1.165, 1.54) is 0 Å². The van der Waals surface area contributed by atoms with Crippen molar-refractivity contribution in [3.8, 4) is 17.3 Å². The standard InChI is InChI=1S/C23H19F6N5O3/c24-12-7-11(15(25)16(26)17(12)35)19(36)32-10-21-1-4-22(5-2-21,6-3-21)20-33-18(34-37-20)13-8-31-14(9-30-13)23(27,28)29/h7-9,35H,1-6,10H2,(H,32,36)/t21-,22+. The third-order valence-corrected chi connectivity index (χ3v) is 7.46. The molecule has 3 saturated carbocycles. The molecule has 0 unspecified atom stereocenters. The Morgan fingerprint density at radius 3 is 2.30 bits per heavy atom. The first-order chi connectivity index (χ1) is 17.4. The summed E-state index contributed by atoms with van der Waals surface area (Å²) >= 11 is 0. The van der Waals surface area contributed by atoms with Crippen LogP contribution in [0.3, 0.4) is 0 Å². The molecule has 3 fully saturated rings. The van der Waals surface area contributed by atoms with Crippen molar-refractivity contribution in [3.63, 3.8) is 0 Å². The molecule has 2 N–H and O–H groups in total. The molecule has 0 aliphatic heterocycles. The van der Waals surface area contributed by atoms with E-state index in [-0.39, 0.29) is 23.5 Å². The SMILES string of the molecule is O=C(NC[C@]12CC[C@](c3nc(-c4cnc(C(F)(F)F)cn4)no3)(CC1)CC2)c1cc(F)c(O)c(F)c1F.